The first kappa shape index (κ1) is 13.7. The van der Waals surface area contributed by atoms with Crippen molar-refractivity contribution >= 4 is 23.3 Å². The second-order valence-electron chi connectivity index (χ2n) is 4.99. The Labute approximate surface area is 115 Å². The SMILES string of the molecule is CC1CCC(NC(=O)c2csnn2)(C(N)=NO)CC1. The van der Waals surface area contributed by atoms with E-state index in [2.05, 4.69) is 27.0 Å². The van der Waals surface area contributed by atoms with Crippen LogP contribution in [0, 0.1) is 5.92 Å². The van der Waals surface area contributed by atoms with Crippen LogP contribution in [0.1, 0.15) is 43.1 Å². The summed E-state index contributed by atoms with van der Waals surface area (Å²) >= 11 is 1.11. The number of oxime groups is 1. The van der Waals surface area contributed by atoms with E-state index in [9.17, 15) is 4.79 Å². The zero-order chi connectivity index (χ0) is 13.9. The Morgan fingerprint density at radius 1 is 1.63 bits per heavy atom. The van der Waals surface area contributed by atoms with Gasteiger partial charge in [-0.05, 0) is 43.1 Å². The Balaban J connectivity index is 2.17. The monoisotopic (exact) mass is 283 g/mol. The molecule has 4 N–H and O–H groups in total. The van der Waals surface area contributed by atoms with Crippen LogP contribution in [0.15, 0.2) is 10.5 Å². The van der Waals surface area contributed by atoms with Gasteiger partial charge in [0.2, 0.25) is 0 Å². The Kier molecular flexibility index (Phi) is 3.98. The first-order valence-corrected chi connectivity index (χ1v) is 6.98. The van der Waals surface area contributed by atoms with Gasteiger partial charge in [-0.1, -0.05) is 16.6 Å². The molecule has 0 aliphatic heterocycles. The van der Waals surface area contributed by atoms with Gasteiger partial charge in [-0.2, -0.15) is 0 Å². The molecule has 0 radical (unpaired) electrons. The topological polar surface area (TPSA) is 113 Å². The van der Waals surface area contributed by atoms with Crippen LogP contribution in [0.2, 0.25) is 0 Å². The maximum absolute atomic E-state index is 12.1. The Morgan fingerprint density at radius 2 is 2.32 bits per heavy atom. The summed E-state index contributed by atoms with van der Waals surface area (Å²) in [6.45, 7) is 2.16. The molecule has 0 spiro atoms. The molecule has 1 aliphatic rings. The highest BCUT2D eigenvalue weighted by atomic mass is 32.1. The lowest BCUT2D eigenvalue weighted by molar-refractivity contribution is 0.0892. The van der Waals surface area contributed by atoms with E-state index in [-0.39, 0.29) is 17.4 Å². The first-order chi connectivity index (χ1) is 9.07. The standard InChI is InChI=1S/C11H17N5O2S/c1-7-2-4-11(5-3-7,10(12)15-18)13-9(17)8-6-19-16-14-8/h6-7,18H,2-5H2,1H3,(H2,12,15)(H,13,17). The van der Waals surface area contributed by atoms with Crippen molar-refractivity contribution in [3.63, 3.8) is 0 Å². The van der Waals surface area contributed by atoms with Crippen LogP contribution in [0.25, 0.3) is 0 Å². The molecule has 7 nitrogen and oxygen atoms in total. The van der Waals surface area contributed by atoms with Gasteiger partial charge in [-0.25, -0.2) is 0 Å². The number of hydrogen-bond donors (Lipinski definition) is 3. The molecule has 8 heteroatoms. The van der Waals surface area contributed by atoms with Gasteiger partial charge in [0.15, 0.2) is 11.5 Å². The number of carbonyl (C=O) groups is 1. The Bertz CT molecular complexity index is 465. The van der Waals surface area contributed by atoms with Crippen molar-refractivity contribution in [3.05, 3.63) is 11.1 Å². The molecule has 1 fully saturated rings. The van der Waals surface area contributed by atoms with E-state index in [0.717, 1.165) is 24.4 Å². The Hall–Kier alpha value is -1.70. The molecule has 0 bridgehead atoms. The summed E-state index contributed by atoms with van der Waals surface area (Å²) in [6.07, 6.45) is 3.17. The summed E-state index contributed by atoms with van der Waals surface area (Å²) in [5, 5.41) is 20.2. The van der Waals surface area contributed by atoms with Gasteiger partial charge in [-0.15, -0.1) is 5.10 Å². The fourth-order valence-corrected chi connectivity index (χ4v) is 2.78. The highest BCUT2D eigenvalue weighted by molar-refractivity contribution is 7.03. The highest BCUT2D eigenvalue weighted by Crippen LogP contribution is 2.32. The molecule has 2 rings (SSSR count). The van der Waals surface area contributed by atoms with Crippen LogP contribution in [0.3, 0.4) is 0 Å². The second-order valence-corrected chi connectivity index (χ2v) is 5.60. The largest absolute Gasteiger partial charge is 0.409 e. The predicted octanol–water partition coefficient (Wildman–Crippen LogP) is 0.963. The van der Waals surface area contributed by atoms with Crippen LogP contribution in [-0.4, -0.2) is 32.1 Å². The first-order valence-electron chi connectivity index (χ1n) is 6.15. The highest BCUT2D eigenvalue weighted by Gasteiger charge is 2.40. The fourth-order valence-electron chi connectivity index (χ4n) is 2.34. The van der Waals surface area contributed by atoms with Gasteiger partial charge in [0.1, 0.15) is 5.54 Å². The fraction of sp³-hybridized carbons (Fsp3) is 0.636. The van der Waals surface area contributed by atoms with Crippen molar-refractivity contribution in [2.24, 2.45) is 16.8 Å². The van der Waals surface area contributed by atoms with Crippen LogP contribution in [0.5, 0.6) is 0 Å². The third-order valence-corrected chi connectivity index (χ3v) is 4.18. The van der Waals surface area contributed by atoms with Crippen molar-refractivity contribution in [2.45, 2.75) is 38.1 Å². The molecule has 0 atom stereocenters. The molecule has 1 aromatic rings. The third-order valence-electron chi connectivity index (χ3n) is 3.67. The number of nitrogens with one attached hydrogen (secondary N) is 1. The number of rotatable bonds is 3. The van der Waals surface area contributed by atoms with Crippen LogP contribution in [0.4, 0.5) is 0 Å². The maximum atomic E-state index is 12.1. The van der Waals surface area contributed by atoms with E-state index < -0.39 is 5.54 Å². The van der Waals surface area contributed by atoms with E-state index >= 15 is 0 Å². The lowest BCUT2D eigenvalue weighted by atomic mass is 9.76. The zero-order valence-corrected chi connectivity index (χ0v) is 11.5. The van der Waals surface area contributed by atoms with E-state index in [1.807, 2.05) is 0 Å². The number of amidine groups is 1. The van der Waals surface area contributed by atoms with Crippen LogP contribution >= 0.6 is 11.5 Å². The van der Waals surface area contributed by atoms with Crippen molar-refractivity contribution in [1.29, 1.82) is 0 Å². The molecule has 1 aromatic heterocycles. The van der Waals surface area contributed by atoms with Crippen molar-refractivity contribution in [2.75, 3.05) is 0 Å². The molecular weight excluding hydrogens is 266 g/mol. The average Bonchev–Trinajstić information content (AvgIpc) is 2.95. The summed E-state index contributed by atoms with van der Waals surface area (Å²) in [4.78, 5) is 12.1. The zero-order valence-electron chi connectivity index (χ0n) is 10.7. The number of nitrogens with two attached hydrogens (primary N) is 1. The lowest BCUT2D eigenvalue weighted by Gasteiger charge is -2.38. The predicted molar refractivity (Wildman–Crippen MR) is 71.1 cm³/mol. The molecule has 1 aliphatic carbocycles. The van der Waals surface area contributed by atoms with Crippen molar-refractivity contribution in [1.82, 2.24) is 14.9 Å². The molecule has 0 unspecified atom stereocenters. The molecule has 0 aromatic carbocycles. The summed E-state index contributed by atoms with van der Waals surface area (Å²) in [7, 11) is 0. The smallest absolute Gasteiger partial charge is 0.273 e. The maximum Gasteiger partial charge on any atom is 0.273 e. The molecule has 1 heterocycles. The number of nitrogens with zero attached hydrogens (tertiary/aromatic N) is 3. The molecule has 1 saturated carbocycles. The minimum absolute atomic E-state index is 0.0518. The second kappa shape index (κ2) is 5.52. The normalized spacial score (nSPS) is 28.1. The molecule has 1 amide bonds. The van der Waals surface area contributed by atoms with E-state index in [4.69, 9.17) is 10.9 Å². The third kappa shape index (κ3) is 2.83. The summed E-state index contributed by atoms with van der Waals surface area (Å²) in [5.41, 5.74) is 5.26. The number of hydrogen-bond acceptors (Lipinski definition) is 6. The average molecular weight is 283 g/mol. The van der Waals surface area contributed by atoms with Gasteiger partial charge < -0.3 is 16.3 Å². The quantitative estimate of drug-likeness (QED) is 0.331. The van der Waals surface area contributed by atoms with Crippen LogP contribution in [-0.2, 0) is 0 Å². The molecule has 104 valence electrons. The number of amides is 1. The molecule has 19 heavy (non-hydrogen) atoms. The van der Waals surface area contributed by atoms with Gasteiger partial charge in [0.05, 0.1) is 0 Å². The summed E-state index contributed by atoms with van der Waals surface area (Å²) in [5.74, 6) is 0.295. The van der Waals surface area contributed by atoms with Crippen molar-refractivity contribution < 1.29 is 10.0 Å². The Morgan fingerprint density at radius 3 is 2.84 bits per heavy atom. The van der Waals surface area contributed by atoms with E-state index in [1.54, 1.807) is 5.38 Å². The minimum atomic E-state index is -0.776. The molecular formula is C11H17N5O2S. The summed E-state index contributed by atoms with van der Waals surface area (Å²) in [6, 6.07) is 0. The van der Waals surface area contributed by atoms with Crippen molar-refractivity contribution in [3.8, 4) is 0 Å². The van der Waals surface area contributed by atoms with E-state index in [0.29, 0.717) is 18.8 Å². The number of aromatic nitrogens is 2. The number of carbonyl (C=O) groups excluding carboxylic acids is 1. The van der Waals surface area contributed by atoms with Gasteiger partial charge in [0, 0.05) is 5.38 Å². The summed E-state index contributed by atoms with van der Waals surface area (Å²) < 4.78 is 3.66. The lowest BCUT2D eigenvalue weighted by Crippen LogP contribution is -2.59. The van der Waals surface area contributed by atoms with E-state index in [1.165, 1.54) is 0 Å². The minimum Gasteiger partial charge on any atom is -0.409 e. The van der Waals surface area contributed by atoms with Crippen LogP contribution < -0.4 is 11.1 Å². The molecule has 0 saturated heterocycles. The van der Waals surface area contributed by atoms with Gasteiger partial charge in [-0.3, -0.25) is 4.79 Å². The van der Waals surface area contributed by atoms with Gasteiger partial charge in [0.25, 0.3) is 5.91 Å². The van der Waals surface area contributed by atoms with Gasteiger partial charge >= 0.3 is 0 Å².